The Kier molecular flexibility index (Phi) is 4.25. The smallest absolute Gasteiger partial charge is 0.239 e. The molecule has 0 radical (unpaired) electrons. The van der Waals surface area contributed by atoms with Crippen molar-refractivity contribution >= 4 is 34.2 Å². The van der Waals surface area contributed by atoms with Gasteiger partial charge in [0.1, 0.15) is 0 Å². The lowest BCUT2D eigenvalue weighted by Gasteiger charge is -2.10. The van der Waals surface area contributed by atoms with Crippen LogP contribution < -0.4 is 10.6 Å². The molecule has 1 fully saturated rings. The molecule has 1 aromatic rings. The maximum absolute atomic E-state index is 11.6. The van der Waals surface area contributed by atoms with Crippen LogP contribution in [0.4, 0.5) is 5.69 Å². The Morgan fingerprint density at radius 1 is 1.47 bits per heavy atom. The van der Waals surface area contributed by atoms with Gasteiger partial charge in [0.15, 0.2) is 0 Å². The largest absolute Gasteiger partial charge is 0.376 e. The molecule has 0 aromatic heterocycles. The molecule has 2 rings (SSSR count). The molecule has 1 amide bonds. The van der Waals surface area contributed by atoms with Crippen LogP contribution in [0.1, 0.15) is 18.4 Å². The van der Waals surface area contributed by atoms with Gasteiger partial charge in [-0.1, -0.05) is 6.07 Å². The van der Waals surface area contributed by atoms with Gasteiger partial charge in [-0.25, -0.2) is 0 Å². The molecule has 3 nitrogen and oxygen atoms in total. The zero-order valence-electron chi connectivity index (χ0n) is 9.92. The van der Waals surface area contributed by atoms with Gasteiger partial charge in [0.25, 0.3) is 0 Å². The van der Waals surface area contributed by atoms with Gasteiger partial charge in [0.2, 0.25) is 5.91 Å². The minimum atomic E-state index is 0.0789. The Balaban J connectivity index is 1.79. The fourth-order valence-corrected chi connectivity index (χ4v) is 2.12. The molecule has 1 aromatic carbocycles. The van der Waals surface area contributed by atoms with E-state index in [1.807, 2.05) is 12.1 Å². The van der Waals surface area contributed by atoms with Crippen molar-refractivity contribution in [2.45, 2.75) is 19.8 Å². The zero-order chi connectivity index (χ0) is 12.3. The van der Waals surface area contributed by atoms with Gasteiger partial charge in [0, 0.05) is 15.8 Å². The number of anilines is 1. The van der Waals surface area contributed by atoms with Crippen molar-refractivity contribution < 1.29 is 4.79 Å². The summed E-state index contributed by atoms with van der Waals surface area (Å²) in [4.78, 5) is 11.6. The number of rotatable bonds is 5. The Hall–Kier alpha value is -0.780. The van der Waals surface area contributed by atoms with Crippen molar-refractivity contribution in [3.8, 4) is 0 Å². The van der Waals surface area contributed by atoms with Crippen LogP contribution in [0, 0.1) is 16.4 Å². The van der Waals surface area contributed by atoms with Gasteiger partial charge in [-0.05, 0) is 66.0 Å². The van der Waals surface area contributed by atoms with Crippen LogP contribution in [-0.2, 0) is 4.79 Å². The fraction of sp³-hybridized carbons (Fsp3) is 0.462. The molecule has 1 saturated carbocycles. The molecule has 0 atom stereocenters. The predicted octanol–water partition coefficient (Wildman–Crippen LogP) is 2.54. The van der Waals surface area contributed by atoms with E-state index < -0.39 is 0 Å². The van der Waals surface area contributed by atoms with E-state index in [4.69, 9.17) is 0 Å². The van der Waals surface area contributed by atoms with Crippen LogP contribution in [0.2, 0.25) is 0 Å². The first-order chi connectivity index (χ1) is 8.16. The van der Waals surface area contributed by atoms with Crippen molar-refractivity contribution in [1.82, 2.24) is 5.32 Å². The molecule has 0 aliphatic heterocycles. The Morgan fingerprint density at radius 2 is 2.24 bits per heavy atom. The highest BCUT2D eigenvalue weighted by Crippen LogP contribution is 2.27. The van der Waals surface area contributed by atoms with Crippen molar-refractivity contribution in [1.29, 1.82) is 0 Å². The van der Waals surface area contributed by atoms with Crippen LogP contribution in [0.3, 0.4) is 0 Å². The van der Waals surface area contributed by atoms with Gasteiger partial charge in [-0.3, -0.25) is 4.79 Å². The molecule has 0 bridgehead atoms. The summed E-state index contributed by atoms with van der Waals surface area (Å²) in [6, 6.07) is 6.07. The summed E-state index contributed by atoms with van der Waals surface area (Å²) in [5.74, 6) is 0.813. The van der Waals surface area contributed by atoms with Crippen LogP contribution in [-0.4, -0.2) is 19.0 Å². The van der Waals surface area contributed by atoms with Crippen molar-refractivity contribution in [2.75, 3.05) is 18.4 Å². The van der Waals surface area contributed by atoms with E-state index >= 15 is 0 Å². The molecule has 1 aliphatic carbocycles. The van der Waals surface area contributed by atoms with Crippen molar-refractivity contribution in [2.24, 2.45) is 5.92 Å². The molecule has 0 spiro atoms. The van der Waals surface area contributed by atoms with E-state index in [2.05, 4.69) is 46.2 Å². The maximum Gasteiger partial charge on any atom is 0.239 e. The normalized spacial score (nSPS) is 14.5. The van der Waals surface area contributed by atoms with Crippen molar-refractivity contribution in [3.63, 3.8) is 0 Å². The average molecular weight is 344 g/mol. The number of halogens is 1. The third-order valence-corrected chi connectivity index (χ3v) is 4.16. The van der Waals surface area contributed by atoms with Crippen LogP contribution >= 0.6 is 22.6 Å². The Labute approximate surface area is 116 Å². The quantitative estimate of drug-likeness (QED) is 0.806. The standard InChI is InChI=1S/C13H17IN2O/c1-9-11(14)3-2-4-12(9)15-8-13(17)16-7-10-5-6-10/h2-4,10,15H,5-8H2,1H3,(H,16,17). The minimum Gasteiger partial charge on any atom is -0.376 e. The maximum atomic E-state index is 11.6. The number of nitrogens with one attached hydrogen (secondary N) is 2. The first-order valence-electron chi connectivity index (χ1n) is 5.92. The fourth-order valence-electron chi connectivity index (χ4n) is 1.62. The lowest BCUT2D eigenvalue weighted by Crippen LogP contribution is -2.31. The summed E-state index contributed by atoms with van der Waals surface area (Å²) >= 11 is 2.30. The van der Waals surface area contributed by atoms with Gasteiger partial charge in [0.05, 0.1) is 6.54 Å². The minimum absolute atomic E-state index is 0.0789. The number of hydrogen-bond donors (Lipinski definition) is 2. The second kappa shape index (κ2) is 5.71. The average Bonchev–Trinajstić information content (AvgIpc) is 3.12. The van der Waals surface area contributed by atoms with Gasteiger partial charge < -0.3 is 10.6 Å². The number of benzene rings is 1. The van der Waals surface area contributed by atoms with Gasteiger partial charge in [-0.2, -0.15) is 0 Å². The Morgan fingerprint density at radius 3 is 2.94 bits per heavy atom. The van der Waals surface area contributed by atoms with E-state index in [1.54, 1.807) is 0 Å². The summed E-state index contributed by atoms with van der Waals surface area (Å²) in [6.07, 6.45) is 2.54. The SMILES string of the molecule is Cc1c(I)cccc1NCC(=O)NCC1CC1. The molecule has 0 heterocycles. The second-order valence-corrected chi connectivity index (χ2v) is 5.68. The van der Waals surface area contributed by atoms with E-state index in [0.717, 1.165) is 18.2 Å². The molecule has 0 unspecified atom stereocenters. The topological polar surface area (TPSA) is 41.1 Å². The van der Waals surface area contributed by atoms with Crippen LogP contribution in [0.5, 0.6) is 0 Å². The highest BCUT2D eigenvalue weighted by Gasteiger charge is 2.21. The Bertz CT molecular complexity index is 416. The summed E-state index contributed by atoms with van der Waals surface area (Å²) in [5, 5.41) is 6.13. The number of carbonyl (C=O) groups is 1. The number of carbonyl (C=O) groups excluding carboxylic acids is 1. The first-order valence-corrected chi connectivity index (χ1v) is 7.00. The number of amides is 1. The van der Waals surface area contributed by atoms with E-state index in [1.165, 1.54) is 22.0 Å². The molecule has 2 N–H and O–H groups in total. The third kappa shape index (κ3) is 3.87. The lowest BCUT2D eigenvalue weighted by atomic mass is 10.2. The molecule has 1 aliphatic rings. The molecular formula is C13H17IN2O. The lowest BCUT2D eigenvalue weighted by molar-refractivity contribution is -0.119. The van der Waals surface area contributed by atoms with Gasteiger partial charge in [-0.15, -0.1) is 0 Å². The highest BCUT2D eigenvalue weighted by molar-refractivity contribution is 14.1. The summed E-state index contributed by atoms with van der Waals surface area (Å²) < 4.78 is 1.21. The zero-order valence-corrected chi connectivity index (χ0v) is 12.1. The predicted molar refractivity (Wildman–Crippen MR) is 78.1 cm³/mol. The molecule has 17 heavy (non-hydrogen) atoms. The third-order valence-electron chi connectivity index (χ3n) is 2.99. The van der Waals surface area contributed by atoms with Crippen LogP contribution in [0.25, 0.3) is 0 Å². The summed E-state index contributed by atoms with van der Waals surface area (Å²) in [6.45, 7) is 3.26. The van der Waals surface area contributed by atoms with Gasteiger partial charge >= 0.3 is 0 Å². The monoisotopic (exact) mass is 344 g/mol. The summed E-state index contributed by atoms with van der Waals surface area (Å²) in [7, 11) is 0. The van der Waals surface area contributed by atoms with Crippen LogP contribution in [0.15, 0.2) is 18.2 Å². The number of hydrogen-bond acceptors (Lipinski definition) is 2. The molecular weight excluding hydrogens is 327 g/mol. The van der Waals surface area contributed by atoms with E-state index in [-0.39, 0.29) is 5.91 Å². The molecule has 0 saturated heterocycles. The molecule has 4 heteroatoms. The van der Waals surface area contributed by atoms with E-state index in [9.17, 15) is 4.79 Å². The first kappa shape index (κ1) is 12.7. The second-order valence-electron chi connectivity index (χ2n) is 4.51. The van der Waals surface area contributed by atoms with Crippen molar-refractivity contribution in [3.05, 3.63) is 27.3 Å². The highest BCUT2D eigenvalue weighted by atomic mass is 127. The van der Waals surface area contributed by atoms with E-state index in [0.29, 0.717) is 6.54 Å². The summed E-state index contributed by atoms with van der Waals surface area (Å²) in [5.41, 5.74) is 2.24. The molecule has 92 valence electrons.